The third-order valence-electron chi connectivity index (χ3n) is 4.11. The van der Waals surface area contributed by atoms with Gasteiger partial charge in [0.2, 0.25) is 0 Å². The maximum atomic E-state index is 12.4. The smallest absolute Gasteiger partial charge is 0.311 e. The van der Waals surface area contributed by atoms with Crippen LogP contribution in [0.5, 0.6) is 5.75 Å². The molecule has 154 valence electrons. The van der Waals surface area contributed by atoms with E-state index in [-0.39, 0.29) is 28.7 Å². The molecule has 0 fully saturated rings. The predicted molar refractivity (Wildman–Crippen MR) is 113 cm³/mol. The van der Waals surface area contributed by atoms with Gasteiger partial charge in [-0.25, -0.2) is 0 Å². The number of nitro benzene ring substituents is 1. The lowest BCUT2D eigenvalue weighted by Crippen LogP contribution is -2.34. The Labute approximate surface area is 176 Å². The summed E-state index contributed by atoms with van der Waals surface area (Å²) in [7, 11) is 1.31. The summed E-state index contributed by atoms with van der Waals surface area (Å²) in [6.07, 6.45) is 0. The minimum Gasteiger partial charge on any atom is -0.490 e. The van der Waals surface area contributed by atoms with Gasteiger partial charge in [0, 0.05) is 22.9 Å². The minimum atomic E-state index is -0.629. The number of furan rings is 1. The van der Waals surface area contributed by atoms with E-state index >= 15 is 0 Å². The topological polar surface area (TPSA) is 127 Å². The highest BCUT2D eigenvalue weighted by Crippen LogP contribution is 2.27. The molecular weight excluding hydrogens is 410 g/mol. The van der Waals surface area contributed by atoms with E-state index in [1.165, 1.54) is 19.2 Å². The summed E-state index contributed by atoms with van der Waals surface area (Å²) in [6.45, 7) is -0.176. The Balaban J connectivity index is 1.64. The summed E-state index contributed by atoms with van der Waals surface area (Å²) in [5.41, 5.74) is 1.18. The number of anilines is 1. The van der Waals surface area contributed by atoms with Gasteiger partial charge in [-0.05, 0) is 60.7 Å². The summed E-state index contributed by atoms with van der Waals surface area (Å²) >= 11 is 5.14. The highest BCUT2D eigenvalue weighted by atomic mass is 32.1. The summed E-state index contributed by atoms with van der Waals surface area (Å²) in [6, 6.07) is 14.4. The number of carbonyl (C=O) groups is 1. The Morgan fingerprint density at radius 1 is 1.20 bits per heavy atom. The van der Waals surface area contributed by atoms with Crippen molar-refractivity contribution in [1.82, 2.24) is 5.32 Å². The molecular formula is C20H17N3O6S. The highest BCUT2D eigenvalue weighted by molar-refractivity contribution is 7.80. The van der Waals surface area contributed by atoms with Crippen LogP contribution in [0.25, 0.3) is 11.3 Å². The molecule has 0 saturated heterocycles. The van der Waals surface area contributed by atoms with Gasteiger partial charge in [-0.2, -0.15) is 0 Å². The molecule has 0 radical (unpaired) electrons. The number of aliphatic hydroxyl groups excluding tert-OH is 1. The molecule has 0 spiro atoms. The third-order valence-corrected chi connectivity index (χ3v) is 4.31. The van der Waals surface area contributed by atoms with Gasteiger partial charge < -0.3 is 19.6 Å². The number of nitrogens with one attached hydrogen (secondary N) is 2. The van der Waals surface area contributed by atoms with Gasteiger partial charge in [0.25, 0.3) is 5.91 Å². The van der Waals surface area contributed by atoms with E-state index < -0.39 is 10.8 Å². The van der Waals surface area contributed by atoms with Gasteiger partial charge in [-0.3, -0.25) is 20.2 Å². The average Bonchev–Trinajstić information content (AvgIpc) is 3.23. The molecule has 2 aromatic carbocycles. The fraction of sp³-hybridized carbons (Fsp3) is 0.100. The van der Waals surface area contributed by atoms with Crippen molar-refractivity contribution in [2.24, 2.45) is 0 Å². The van der Waals surface area contributed by atoms with Crippen LogP contribution in [-0.2, 0) is 6.61 Å². The van der Waals surface area contributed by atoms with Crippen molar-refractivity contribution in [3.8, 4) is 17.1 Å². The van der Waals surface area contributed by atoms with E-state index in [2.05, 4.69) is 10.6 Å². The molecule has 0 bridgehead atoms. The van der Waals surface area contributed by atoms with E-state index in [1.807, 2.05) is 0 Å². The SMILES string of the molecule is COc1ccc(C(=O)NC(=S)Nc2ccc(-c3ccc(CO)o3)cc2)cc1[N+](=O)[O-]. The van der Waals surface area contributed by atoms with Crippen LogP contribution in [0.15, 0.2) is 59.0 Å². The second kappa shape index (κ2) is 9.16. The Morgan fingerprint density at radius 2 is 1.93 bits per heavy atom. The number of hydrogen-bond acceptors (Lipinski definition) is 7. The molecule has 9 nitrogen and oxygen atoms in total. The first kappa shape index (κ1) is 21.0. The van der Waals surface area contributed by atoms with Crippen LogP contribution in [0.4, 0.5) is 11.4 Å². The molecule has 1 aromatic heterocycles. The van der Waals surface area contributed by atoms with E-state index in [1.54, 1.807) is 36.4 Å². The Hall–Kier alpha value is -3.76. The molecule has 0 atom stereocenters. The van der Waals surface area contributed by atoms with Crippen LogP contribution in [-0.4, -0.2) is 28.2 Å². The lowest BCUT2D eigenvalue weighted by atomic mass is 10.1. The summed E-state index contributed by atoms with van der Waals surface area (Å²) < 4.78 is 10.4. The highest BCUT2D eigenvalue weighted by Gasteiger charge is 2.18. The number of hydrogen-bond donors (Lipinski definition) is 3. The van der Waals surface area contributed by atoms with Crippen molar-refractivity contribution >= 4 is 34.6 Å². The van der Waals surface area contributed by atoms with E-state index in [0.29, 0.717) is 17.2 Å². The number of carbonyl (C=O) groups excluding carboxylic acids is 1. The zero-order chi connectivity index (χ0) is 21.7. The standard InChI is InChI=1S/C20H17N3O6S/c1-28-18-8-4-13(10-16(18)23(26)27)19(25)22-20(30)21-14-5-2-12(3-6-14)17-9-7-15(11-24)29-17/h2-10,24H,11H2,1H3,(H2,21,22,25,30). The summed E-state index contributed by atoms with van der Waals surface area (Å²) in [5, 5.41) is 25.6. The Morgan fingerprint density at radius 3 is 2.53 bits per heavy atom. The van der Waals surface area contributed by atoms with Crippen LogP contribution in [0.3, 0.4) is 0 Å². The van der Waals surface area contributed by atoms with E-state index in [0.717, 1.165) is 11.6 Å². The van der Waals surface area contributed by atoms with Crippen LogP contribution in [0, 0.1) is 10.1 Å². The molecule has 0 aliphatic carbocycles. The first-order valence-electron chi connectivity index (χ1n) is 8.66. The lowest BCUT2D eigenvalue weighted by Gasteiger charge is -2.10. The number of nitrogens with zero attached hydrogens (tertiary/aromatic N) is 1. The van der Waals surface area contributed by atoms with Gasteiger partial charge in [0.05, 0.1) is 12.0 Å². The van der Waals surface area contributed by atoms with Gasteiger partial charge >= 0.3 is 5.69 Å². The molecule has 0 unspecified atom stereocenters. The zero-order valence-corrected chi connectivity index (χ0v) is 16.6. The van der Waals surface area contributed by atoms with Crippen LogP contribution in [0.2, 0.25) is 0 Å². The number of benzene rings is 2. The number of nitro groups is 1. The zero-order valence-electron chi connectivity index (χ0n) is 15.7. The monoisotopic (exact) mass is 427 g/mol. The molecule has 0 aliphatic rings. The maximum Gasteiger partial charge on any atom is 0.311 e. The van der Waals surface area contributed by atoms with E-state index in [9.17, 15) is 14.9 Å². The van der Waals surface area contributed by atoms with Crippen LogP contribution < -0.4 is 15.4 Å². The second-order valence-electron chi connectivity index (χ2n) is 6.05. The Bertz CT molecular complexity index is 1090. The average molecular weight is 427 g/mol. The first-order chi connectivity index (χ1) is 14.4. The molecule has 3 rings (SSSR count). The van der Waals surface area contributed by atoms with Gasteiger partial charge in [0.1, 0.15) is 18.1 Å². The fourth-order valence-electron chi connectivity index (χ4n) is 2.65. The van der Waals surface area contributed by atoms with Crippen molar-refractivity contribution in [3.05, 3.63) is 76.0 Å². The number of rotatable bonds is 6. The number of aliphatic hydroxyl groups is 1. The van der Waals surface area contributed by atoms with Gasteiger partial charge in [-0.1, -0.05) is 0 Å². The number of methoxy groups -OCH3 is 1. The Kier molecular flexibility index (Phi) is 6.40. The summed E-state index contributed by atoms with van der Waals surface area (Å²) in [5.74, 6) is 0.541. The molecule has 3 N–H and O–H groups in total. The van der Waals surface area contributed by atoms with Crippen molar-refractivity contribution < 1.29 is 24.0 Å². The van der Waals surface area contributed by atoms with Crippen molar-refractivity contribution in [2.45, 2.75) is 6.61 Å². The lowest BCUT2D eigenvalue weighted by molar-refractivity contribution is -0.385. The molecule has 3 aromatic rings. The van der Waals surface area contributed by atoms with Gasteiger partial charge in [0.15, 0.2) is 10.9 Å². The molecule has 1 heterocycles. The van der Waals surface area contributed by atoms with Crippen molar-refractivity contribution in [1.29, 1.82) is 0 Å². The third kappa shape index (κ3) is 4.80. The van der Waals surface area contributed by atoms with Crippen LogP contribution >= 0.6 is 12.2 Å². The second-order valence-corrected chi connectivity index (χ2v) is 6.46. The predicted octanol–water partition coefficient (Wildman–Crippen LogP) is 3.48. The van der Waals surface area contributed by atoms with Crippen molar-refractivity contribution in [3.63, 3.8) is 0 Å². The number of thiocarbonyl (C=S) groups is 1. The van der Waals surface area contributed by atoms with Crippen molar-refractivity contribution in [2.75, 3.05) is 12.4 Å². The largest absolute Gasteiger partial charge is 0.490 e. The maximum absolute atomic E-state index is 12.4. The first-order valence-corrected chi connectivity index (χ1v) is 9.07. The molecule has 1 amide bonds. The quantitative estimate of drug-likeness (QED) is 0.310. The van der Waals surface area contributed by atoms with E-state index in [4.69, 9.17) is 26.5 Å². The normalized spacial score (nSPS) is 10.3. The molecule has 0 aliphatic heterocycles. The fourth-order valence-corrected chi connectivity index (χ4v) is 2.86. The molecule has 0 saturated carbocycles. The van der Waals surface area contributed by atoms with Crippen LogP contribution in [0.1, 0.15) is 16.1 Å². The minimum absolute atomic E-state index is 0.0341. The summed E-state index contributed by atoms with van der Waals surface area (Å²) in [4.78, 5) is 22.8. The van der Waals surface area contributed by atoms with Gasteiger partial charge in [-0.15, -0.1) is 0 Å². The molecule has 30 heavy (non-hydrogen) atoms. The number of amides is 1. The number of ether oxygens (including phenoxy) is 1. The molecule has 10 heteroatoms.